The molecular formula is C23H23Cl2N3O. The largest absolute Gasteiger partial charge is 0.370 e. The van der Waals surface area contributed by atoms with E-state index in [0.29, 0.717) is 21.7 Å². The summed E-state index contributed by atoms with van der Waals surface area (Å²) in [6, 6.07) is 13.8. The molecule has 3 N–H and O–H groups in total. The number of hydrogen-bond acceptors (Lipinski definition) is 3. The van der Waals surface area contributed by atoms with E-state index in [9.17, 15) is 4.79 Å². The lowest BCUT2D eigenvalue weighted by molar-refractivity contribution is -0.120. The molecular weight excluding hydrogens is 405 g/mol. The highest BCUT2D eigenvalue weighted by Crippen LogP contribution is 2.28. The highest BCUT2D eigenvalue weighted by atomic mass is 35.5. The fourth-order valence-corrected chi connectivity index (χ4v) is 3.41. The van der Waals surface area contributed by atoms with E-state index in [1.165, 1.54) is 5.57 Å². The molecule has 0 heterocycles. The van der Waals surface area contributed by atoms with Crippen molar-refractivity contribution in [2.45, 2.75) is 26.3 Å². The molecule has 0 fully saturated rings. The quantitative estimate of drug-likeness (QED) is 0.395. The number of carbonyl (C=O) groups excluding carboxylic acids is 1. The number of halogens is 2. The van der Waals surface area contributed by atoms with Gasteiger partial charge in [-0.25, -0.2) is 0 Å². The molecule has 1 aliphatic rings. The SMILES string of the molecule is CC1=CC=C(C(=N)NC(=O)C(Nc2ccc(Cl)c(Cl)c2)c2ccccc2)CC1C. The van der Waals surface area contributed by atoms with E-state index in [1.54, 1.807) is 18.2 Å². The van der Waals surface area contributed by atoms with Crippen molar-refractivity contribution in [3.8, 4) is 0 Å². The molecule has 2 atom stereocenters. The van der Waals surface area contributed by atoms with Crippen LogP contribution >= 0.6 is 23.2 Å². The van der Waals surface area contributed by atoms with Gasteiger partial charge >= 0.3 is 0 Å². The lowest BCUT2D eigenvalue weighted by Crippen LogP contribution is -2.38. The second-order valence-corrected chi connectivity index (χ2v) is 8.00. The summed E-state index contributed by atoms with van der Waals surface area (Å²) in [6.07, 6.45) is 4.65. The molecule has 0 spiro atoms. The Bertz CT molecular complexity index is 983. The number of benzene rings is 2. The lowest BCUT2D eigenvalue weighted by atomic mass is 9.89. The van der Waals surface area contributed by atoms with Crippen LogP contribution in [0.5, 0.6) is 0 Å². The van der Waals surface area contributed by atoms with Crippen LogP contribution in [-0.4, -0.2) is 11.7 Å². The van der Waals surface area contributed by atoms with Crippen LogP contribution in [0.4, 0.5) is 5.69 Å². The van der Waals surface area contributed by atoms with Crippen molar-refractivity contribution in [1.29, 1.82) is 5.41 Å². The van der Waals surface area contributed by atoms with Crippen LogP contribution in [0.25, 0.3) is 0 Å². The zero-order valence-corrected chi connectivity index (χ0v) is 17.8. The Morgan fingerprint density at radius 3 is 2.48 bits per heavy atom. The Balaban J connectivity index is 1.81. The lowest BCUT2D eigenvalue weighted by Gasteiger charge is -2.23. The van der Waals surface area contributed by atoms with Gasteiger partial charge in [0, 0.05) is 5.69 Å². The van der Waals surface area contributed by atoms with Crippen molar-refractivity contribution in [3.63, 3.8) is 0 Å². The summed E-state index contributed by atoms with van der Waals surface area (Å²) in [7, 11) is 0. The van der Waals surface area contributed by atoms with Crippen LogP contribution in [0, 0.1) is 11.3 Å². The van der Waals surface area contributed by atoms with Crippen molar-refractivity contribution in [1.82, 2.24) is 5.32 Å². The number of amides is 1. The van der Waals surface area contributed by atoms with E-state index in [1.807, 2.05) is 42.5 Å². The summed E-state index contributed by atoms with van der Waals surface area (Å²) in [6.45, 7) is 4.19. The maximum Gasteiger partial charge on any atom is 0.252 e. The number of carbonyl (C=O) groups is 1. The van der Waals surface area contributed by atoms with E-state index in [4.69, 9.17) is 28.6 Å². The van der Waals surface area contributed by atoms with Gasteiger partial charge in [-0.3, -0.25) is 10.2 Å². The number of nitrogens with one attached hydrogen (secondary N) is 3. The molecule has 0 saturated heterocycles. The Labute approximate surface area is 181 Å². The number of hydrogen-bond donors (Lipinski definition) is 3. The van der Waals surface area contributed by atoms with Crippen molar-refractivity contribution >= 4 is 40.6 Å². The molecule has 150 valence electrons. The smallest absolute Gasteiger partial charge is 0.252 e. The third kappa shape index (κ3) is 5.28. The van der Waals surface area contributed by atoms with E-state index >= 15 is 0 Å². The first-order valence-corrected chi connectivity index (χ1v) is 10.1. The van der Waals surface area contributed by atoms with Gasteiger partial charge < -0.3 is 10.6 Å². The monoisotopic (exact) mass is 427 g/mol. The molecule has 6 heteroatoms. The predicted octanol–water partition coefficient (Wildman–Crippen LogP) is 6.15. The van der Waals surface area contributed by atoms with Crippen molar-refractivity contribution in [3.05, 3.63) is 87.4 Å². The summed E-state index contributed by atoms with van der Waals surface area (Å²) in [5.74, 6) is 0.168. The van der Waals surface area contributed by atoms with Crippen molar-refractivity contribution < 1.29 is 4.79 Å². The van der Waals surface area contributed by atoms with E-state index in [-0.39, 0.29) is 11.7 Å². The highest BCUT2D eigenvalue weighted by Gasteiger charge is 2.24. The first-order chi connectivity index (χ1) is 13.8. The number of allylic oxidation sites excluding steroid dienone is 3. The average molecular weight is 428 g/mol. The minimum absolute atomic E-state index is 0.127. The van der Waals surface area contributed by atoms with Gasteiger partial charge in [-0.15, -0.1) is 0 Å². The molecule has 0 aliphatic heterocycles. The molecule has 0 bridgehead atoms. The molecule has 1 amide bonds. The maximum absolute atomic E-state index is 13.1. The summed E-state index contributed by atoms with van der Waals surface area (Å²) in [5.41, 5.74) is 3.54. The second kappa shape index (κ2) is 9.29. The maximum atomic E-state index is 13.1. The zero-order chi connectivity index (χ0) is 21.0. The molecule has 2 aromatic carbocycles. The molecule has 29 heavy (non-hydrogen) atoms. The number of rotatable bonds is 5. The van der Waals surface area contributed by atoms with Gasteiger partial charge in [0.2, 0.25) is 0 Å². The summed E-state index contributed by atoms with van der Waals surface area (Å²) in [5, 5.41) is 15.2. The Morgan fingerprint density at radius 2 is 1.83 bits per heavy atom. The molecule has 0 saturated carbocycles. The standard InChI is InChI=1S/C23H23Cl2N3O/c1-14-8-9-17(12-15(14)2)22(26)28-23(29)21(16-6-4-3-5-7-16)27-18-10-11-19(24)20(25)13-18/h3-11,13,15,21,27H,12H2,1-2H3,(H2,26,28,29). The normalized spacial score (nSPS) is 17.0. The van der Waals surface area contributed by atoms with Gasteiger partial charge in [0.15, 0.2) is 0 Å². The molecule has 2 aromatic rings. The molecule has 3 rings (SSSR count). The van der Waals surface area contributed by atoms with E-state index in [0.717, 1.165) is 17.6 Å². The van der Waals surface area contributed by atoms with Crippen molar-refractivity contribution in [2.24, 2.45) is 5.92 Å². The van der Waals surface area contributed by atoms with E-state index in [2.05, 4.69) is 24.5 Å². The third-order valence-corrected chi connectivity index (χ3v) is 5.78. The van der Waals surface area contributed by atoms with Crippen LogP contribution in [0.3, 0.4) is 0 Å². The first kappa shape index (κ1) is 21.2. The second-order valence-electron chi connectivity index (χ2n) is 7.19. The van der Waals surface area contributed by atoms with Crippen LogP contribution < -0.4 is 10.6 Å². The van der Waals surface area contributed by atoms with Gasteiger partial charge in [0.25, 0.3) is 5.91 Å². The van der Waals surface area contributed by atoms with Gasteiger partial charge in [-0.05, 0) is 48.6 Å². The van der Waals surface area contributed by atoms with Gasteiger partial charge in [-0.2, -0.15) is 0 Å². The van der Waals surface area contributed by atoms with Gasteiger partial charge in [-0.1, -0.05) is 78.2 Å². The van der Waals surface area contributed by atoms with Gasteiger partial charge in [0.1, 0.15) is 11.9 Å². The van der Waals surface area contributed by atoms with Crippen molar-refractivity contribution in [2.75, 3.05) is 5.32 Å². The Morgan fingerprint density at radius 1 is 1.10 bits per heavy atom. The molecule has 4 nitrogen and oxygen atoms in total. The summed E-state index contributed by atoms with van der Waals surface area (Å²) < 4.78 is 0. The minimum atomic E-state index is -0.687. The summed E-state index contributed by atoms with van der Waals surface area (Å²) in [4.78, 5) is 13.1. The van der Waals surface area contributed by atoms with Crippen LogP contribution in [-0.2, 0) is 4.79 Å². The Hall–Kier alpha value is -2.56. The fourth-order valence-electron chi connectivity index (χ4n) is 3.11. The highest BCUT2D eigenvalue weighted by molar-refractivity contribution is 6.42. The molecule has 0 aromatic heterocycles. The van der Waals surface area contributed by atoms with E-state index < -0.39 is 6.04 Å². The van der Waals surface area contributed by atoms with Crippen LogP contribution in [0.15, 0.2) is 71.8 Å². The average Bonchev–Trinajstić information content (AvgIpc) is 2.71. The van der Waals surface area contributed by atoms with Crippen LogP contribution in [0.2, 0.25) is 10.0 Å². The first-order valence-electron chi connectivity index (χ1n) is 9.39. The predicted molar refractivity (Wildman–Crippen MR) is 121 cm³/mol. The fraction of sp³-hybridized carbons (Fsp3) is 0.217. The summed E-state index contributed by atoms with van der Waals surface area (Å²) >= 11 is 12.1. The Kier molecular flexibility index (Phi) is 6.78. The molecule has 2 unspecified atom stereocenters. The van der Waals surface area contributed by atoms with Gasteiger partial charge in [0.05, 0.1) is 10.0 Å². The molecule has 0 radical (unpaired) electrons. The van der Waals surface area contributed by atoms with Crippen LogP contribution in [0.1, 0.15) is 31.9 Å². The number of amidine groups is 1. The zero-order valence-electron chi connectivity index (χ0n) is 16.3. The molecule has 1 aliphatic carbocycles. The topological polar surface area (TPSA) is 65.0 Å². The minimum Gasteiger partial charge on any atom is -0.370 e. The third-order valence-electron chi connectivity index (χ3n) is 5.05. The number of anilines is 1.